The van der Waals surface area contributed by atoms with Gasteiger partial charge in [0.15, 0.2) is 11.5 Å². The Bertz CT molecular complexity index is 1050. The molecule has 0 N–H and O–H groups in total. The number of benzene rings is 2. The number of carbonyl (C=O) groups excluding carboxylic acids is 2. The molecule has 5 heteroatoms. The quantitative estimate of drug-likeness (QED) is 0.468. The van der Waals surface area contributed by atoms with Gasteiger partial charge in [-0.15, -0.1) is 0 Å². The third-order valence-corrected chi connectivity index (χ3v) is 5.55. The fourth-order valence-corrected chi connectivity index (χ4v) is 3.72. The Morgan fingerprint density at radius 3 is 2.58 bits per heavy atom. The van der Waals surface area contributed by atoms with Crippen LogP contribution in [-0.2, 0) is 16.1 Å². The maximum atomic E-state index is 13.1. The summed E-state index contributed by atoms with van der Waals surface area (Å²) >= 11 is 0. The molecule has 1 amide bonds. The molecule has 160 valence electrons. The van der Waals surface area contributed by atoms with E-state index in [0.717, 1.165) is 41.5 Å². The third kappa shape index (κ3) is 4.55. The van der Waals surface area contributed by atoms with Crippen molar-refractivity contribution in [3.05, 3.63) is 65.2 Å². The van der Waals surface area contributed by atoms with Gasteiger partial charge in [-0.05, 0) is 56.5 Å². The number of amides is 1. The van der Waals surface area contributed by atoms with Gasteiger partial charge < -0.3 is 14.4 Å². The number of fused-ring (bicyclic) bond motifs is 1. The molecule has 1 saturated carbocycles. The molecule has 2 aliphatic rings. The standard InChI is InChI=1S/C26H27NO4/c1-26(2)15-14-19-8-11-21(23(30-3)24(19)31-26)17-27(25(29)20-9-10-20)22-12-6-18(7-13-22)5-4-16-28/h4-8,11-16,20H,9-10,17H2,1-3H3/b5-4+. The summed E-state index contributed by atoms with van der Waals surface area (Å²) in [6.07, 6.45) is 9.87. The first-order valence-corrected chi connectivity index (χ1v) is 10.5. The fraction of sp³-hybridized carbons (Fsp3) is 0.308. The molecule has 2 aromatic carbocycles. The van der Waals surface area contributed by atoms with Gasteiger partial charge in [-0.1, -0.05) is 36.4 Å². The zero-order valence-electron chi connectivity index (χ0n) is 18.1. The van der Waals surface area contributed by atoms with Crippen LogP contribution in [0.15, 0.2) is 48.6 Å². The van der Waals surface area contributed by atoms with Crippen LogP contribution in [0, 0.1) is 5.92 Å². The molecule has 5 nitrogen and oxygen atoms in total. The van der Waals surface area contributed by atoms with E-state index < -0.39 is 5.60 Å². The fourth-order valence-electron chi connectivity index (χ4n) is 3.72. The lowest BCUT2D eigenvalue weighted by molar-refractivity contribution is -0.119. The summed E-state index contributed by atoms with van der Waals surface area (Å²) in [5, 5.41) is 0. The number of aldehydes is 1. The van der Waals surface area contributed by atoms with Crippen LogP contribution >= 0.6 is 0 Å². The average Bonchev–Trinajstić information content (AvgIpc) is 3.60. The normalized spacial score (nSPS) is 16.5. The first kappa shape index (κ1) is 20.9. The Morgan fingerprint density at radius 1 is 1.19 bits per heavy atom. The number of rotatable bonds is 7. The van der Waals surface area contributed by atoms with Gasteiger partial charge in [-0.2, -0.15) is 0 Å². The summed E-state index contributed by atoms with van der Waals surface area (Å²) in [7, 11) is 1.63. The lowest BCUT2D eigenvalue weighted by atomic mass is 9.99. The highest BCUT2D eigenvalue weighted by Gasteiger charge is 2.35. The molecule has 0 radical (unpaired) electrons. The summed E-state index contributed by atoms with van der Waals surface area (Å²) in [4.78, 5) is 25.5. The summed E-state index contributed by atoms with van der Waals surface area (Å²) < 4.78 is 11.9. The van der Waals surface area contributed by atoms with Crippen molar-refractivity contribution in [2.75, 3.05) is 12.0 Å². The van der Waals surface area contributed by atoms with Gasteiger partial charge in [0, 0.05) is 22.7 Å². The van der Waals surface area contributed by atoms with Crippen LogP contribution < -0.4 is 14.4 Å². The van der Waals surface area contributed by atoms with Gasteiger partial charge in [-0.25, -0.2) is 0 Å². The molecule has 2 aromatic rings. The molecule has 1 aliphatic heterocycles. The molecular weight excluding hydrogens is 390 g/mol. The van der Waals surface area contributed by atoms with Crippen LogP contribution in [0.4, 0.5) is 5.69 Å². The highest BCUT2D eigenvalue weighted by Crippen LogP contribution is 2.42. The van der Waals surface area contributed by atoms with E-state index in [0.29, 0.717) is 18.0 Å². The lowest BCUT2D eigenvalue weighted by Crippen LogP contribution is -2.32. The van der Waals surface area contributed by atoms with Gasteiger partial charge in [0.2, 0.25) is 5.91 Å². The summed E-state index contributed by atoms with van der Waals surface area (Å²) in [5.41, 5.74) is 3.16. The maximum Gasteiger partial charge on any atom is 0.230 e. The third-order valence-electron chi connectivity index (χ3n) is 5.55. The molecule has 0 bridgehead atoms. The monoisotopic (exact) mass is 417 g/mol. The van der Waals surface area contributed by atoms with Crippen molar-refractivity contribution in [3.63, 3.8) is 0 Å². The topological polar surface area (TPSA) is 55.8 Å². The lowest BCUT2D eigenvalue weighted by Gasteiger charge is -2.31. The van der Waals surface area contributed by atoms with Crippen LogP contribution in [0.5, 0.6) is 11.5 Å². The van der Waals surface area contributed by atoms with Crippen molar-refractivity contribution in [2.45, 2.75) is 38.8 Å². The maximum absolute atomic E-state index is 13.1. The van der Waals surface area contributed by atoms with Gasteiger partial charge in [0.05, 0.1) is 13.7 Å². The second kappa shape index (κ2) is 8.42. The minimum absolute atomic E-state index is 0.0800. The number of methoxy groups -OCH3 is 1. The smallest absolute Gasteiger partial charge is 0.230 e. The Balaban J connectivity index is 1.68. The zero-order chi connectivity index (χ0) is 22.0. The van der Waals surface area contributed by atoms with Crippen molar-refractivity contribution in [1.82, 2.24) is 0 Å². The molecular formula is C26H27NO4. The molecule has 1 fully saturated rings. The largest absolute Gasteiger partial charge is 0.492 e. The van der Waals surface area contributed by atoms with Crippen molar-refractivity contribution < 1.29 is 19.1 Å². The zero-order valence-corrected chi connectivity index (χ0v) is 18.1. The number of nitrogens with zero attached hydrogens (tertiary/aromatic N) is 1. The van der Waals surface area contributed by atoms with Crippen LogP contribution in [0.25, 0.3) is 12.2 Å². The van der Waals surface area contributed by atoms with E-state index >= 15 is 0 Å². The molecule has 1 heterocycles. The first-order valence-electron chi connectivity index (χ1n) is 10.5. The SMILES string of the molecule is COc1c(CN(C(=O)C2CC2)c2ccc(/C=C/C=O)cc2)ccc2c1OC(C)(C)C=C2. The molecule has 0 saturated heterocycles. The Labute approximate surface area is 183 Å². The molecule has 4 rings (SSSR count). The van der Waals surface area contributed by atoms with Crippen LogP contribution in [0.3, 0.4) is 0 Å². The Hall–Kier alpha value is -3.34. The van der Waals surface area contributed by atoms with E-state index in [1.165, 1.54) is 6.08 Å². The molecule has 0 spiro atoms. The Morgan fingerprint density at radius 2 is 1.94 bits per heavy atom. The first-order chi connectivity index (χ1) is 14.9. The van der Waals surface area contributed by atoms with Crippen LogP contribution in [-0.4, -0.2) is 24.9 Å². The molecule has 31 heavy (non-hydrogen) atoms. The van der Waals surface area contributed by atoms with E-state index in [4.69, 9.17) is 9.47 Å². The van der Waals surface area contributed by atoms with E-state index in [9.17, 15) is 9.59 Å². The van der Waals surface area contributed by atoms with E-state index in [-0.39, 0.29) is 11.8 Å². The number of hydrogen-bond donors (Lipinski definition) is 0. The average molecular weight is 418 g/mol. The number of ether oxygens (including phenoxy) is 2. The minimum Gasteiger partial charge on any atom is -0.492 e. The van der Waals surface area contributed by atoms with Gasteiger partial charge in [-0.3, -0.25) is 9.59 Å². The van der Waals surface area contributed by atoms with Crippen LogP contribution in [0.1, 0.15) is 43.4 Å². The van der Waals surface area contributed by atoms with Crippen molar-refractivity contribution >= 4 is 30.0 Å². The minimum atomic E-state index is -0.423. The highest BCUT2D eigenvalue weighted by atomic mass is 16.5. The van der Waals surface area contributed by atoms with E-state index in [2.05, 4.69) is 0 Å². The van der Waals surface area contributed by atoms with Crippen molar-refractivity contribution in [3.8, 4) is 11.5 Å². The number of allylic oxidation sites excluding steroid dienone is 1. The summed E-state index contributed by atoms with van der Waals surface area (Å²) in [5.74, 6) is 1.57. The second-order valence-electron chi connectivity index (χ2n) is 8.50. The second-order valence-corrected chi connectivity index (χ2v) is 8.50. The van der Waals surface area contributed by atoms with Gasteiger partial charge in [0.1, 0.15) is 11.9 Å². The van der Waals surface area contributed by atoms with Gasteiger partial charge in [0.25, 0.3) is 0 Å². The van der Waals surface area contributed by atoms with Gasteiger partial charge >= 0.3 is 0 Å². The predicted molar refractivity (Wildman–Crippen MR) is 122 cm³/mol. The molecule has 0 unspecified atom stereocenters. The number of hydrogen-bond acceptors (Lipinski definition) is 4. The van der Waals surface area contributed by atoms with E-state index in [1.54, 1.807) is 13.2 Å². The Kier molecular flexibility index (Phi) is 5.68. The van der Waals surface area contributed by atoms with Crippen molar-refractivity contribution in [2.24, 2.45) is 5.92 Å². The molecule has 1 aliphatic carbocycles. The molecule has 0 aromatic heterocycles. The molecule has 0 atom stereocenters. The van der Waals surface area contributed by atoms with Crippen LogP contribution in [0.2, 0.25) is 0 Å². The van der Waals surface area contributed by atoms with E-state index in [1.807, 2.05) is 67.3 Å². The predicted octanol–water partition coefficient (Wildman–Crippen LogP) is 5.03. The summed E-state index contributed by atoms with van der Waals surface area (Å²) in [6, 6.07) is 11.6. The summed E-state index contributed by atoms with van der Waals surface area (Å²) in [6.45, 7) is 4.40. The number of anilines is 1. The highest BCUT2D eigenvalue weighted by molar-refractivity contribution is 5.96. The van der Waals surface area contributed by atoms with Crippen molar-refractivity contribution in [1.29, 1.82) is 0 Å². The number of carbonyl (C=O) groups is 2.